The van der Waals surface area contributed by atoms with E-state index in [1.165, 1.54) is 6.92 Å². The number of rotatable bonds is 6. The number of nitrogens with one attached hydrogen (secondary N) is 1. The van der Waals surface area contributed by atoms with Crippen molar-refractivity contribution in [3.8, 4) is 0 Å². The van der Waals surface area contributed by atoms with Crippen LogP contribution in [0.4, 0.5) is 13.2 Å². The van der Waals surface area contributed by atoms with Gasteiger partial charge in [0, 0.05) is 18.8 Å². The minimum absolute atomic E-state index is 0.0451. The first-order valence-electron chi connectivity index (χ1n) is 4.35. The molecule has 1 atom stereocenters. The van der Waals surface area contributed by atoms with Crippen LogP contribution >= 0.6 is 0 Å². The van der Waals surface area contributed by atoms with E-state index in [1.54, 1.807) is 0 Å². The molecule has 15 heavy (non-hydrogen) atoms. The van der Waals surface area contributed by atoms with Gasteiger partial charge in [-0.2, -0.15) is 13.2 Å². The van der Waals surface area contributed by atoms with E-state index in [1.807, 2.05) is 0 Å². The van der Waals surface area contributed by atoms with Crippen LogP contribution in [0.2, 0.25) is 0 Å². The molecule has 0 aromatic heterocycles. The molecule has 2 N–H and O–H groups in total. The highest BCUT2D eigenvalue weighted by molar-refractivity contribution is 7.91. The van der Waals surface area contributed by atoms with Crippen LogP contribution in [0.25, 0.3) is 0 Å². The van der Waals surface area contributed by atoms with Crippen molar-refractivity contribution in [2.75, 3.05) is 24.6 Å². The maximum absolute atomic E-state index is 11.8. The van der Waals surface area contributed by atoms with Crippen LogP contribution in [0.1, 0.15) is 6.92 Å². The molecule has 0 fully saturated rings. The minimum Gasteiger partial charge on any atom is -0.382 e. The summed E-state index contributed by atoms with van der Waals surface area (Å²) in [5.41, 5.74) is 0. The molecule has 0 aliphatic carbocycles. The van der Waals surface area contributed by atoms with Crippen molar-refractivity contribution >= 4 is 9.84 Å². The first-order valence-corrected chi connectivity index (χ1v) is 6.17. The third kappa shape index (κ3) is 6.69. The van der Waals surface area contributed by atoms with Gasteiger partial charge in [0.2, 0.25) is 0 Å². The van der Waals surface area contributed by atoms with E-state index >= 15 is 0 Å². The second kappa shape index (κ2) is 5.66. The Hall–Kier alpha value is -0.340. The van der Waals surface area contributed by atoms with Crippen LogP contribution in [0.5, 0.6) is 0 Å². The summed E-state index contributed by atoms with van der Waals surface area (Å²) >= 11 is 0. The number of hydrogen-bond donors (Lipinski definition) is 2. The third-order valence-corrected chi connectivity index (χ3v) is 3.45. The zero-order chi connectivity index (χ0) is 12.1. The van der Waals surface area contributed by atoms with Gasteiger partial charge in [-0.15, -0.1) is 0 Å². The van der Waals surface area contributed by atoms with Crippen molar-refractivity contribution in [1.29, 1.82) is 0 Å². The van der Waals surface area contributed by atoms with Crippen molar-refractivity contribution in [2.24, 2.45) is 0 Å². The fourth-order valence-corrected chi connectivity index (χ4v) is 1.47. The molecule has 92 valence electrons. The second-order valence-electron chi connectivity index (χ2n) is 3.00. The quantitative estimate of drug-likeness (QED) is 0.647. The normalized spacial score (nSPS) is 15.3. The van der Waals surface area contributed by atoms with Gasteiger partial charge in [0.05, 0.1) is 5.75 Å². The van der Waals surface area contributed by atoms with Crippen LogP contribution in [0.15, 0.2) is 0 Å². The lowest BCUT2D eigenvalue weighted by atomic mass is 10.3. The number of hydrogen-bond acceptors (Lipinski definition) is 4. The molecular formula is C7H14F3NO3S. The van der Waals surface area contributed by atoms with E-state index in [4.69, 9.17) is 5.11 Å². The van der Waals surface area contributed by atoms with Crippen molar-refractivity contribution in [3.63, 3.8) is 0 Å². The van der Waals surface area contributed by atoms with Crippen LogP contribution < -0.4 is 5.32 Å². The Morgan fingerprint density at radius 3 is 2.33 bits per heavy atom. The lowest BCUT2D eigenvalue weighted by molar-refractivity contribution is -0.201. The Labute approximate surface area is 86.4 Å². The van der Waals surface area contributed by atoms with E-state index in [2.05, 4.69) is 5.32 Å². The van der Waals surface area contributed by atoms with Crippen LogP contribution in [-0.4, -0.2) is 50.4 Å². The summed E-state index contributed by atoms with van der Waals surface area (Å²) in [5, 5.41) is 10.8. The Bertz CT molecular complexity index is 276. The van der Waals surface area contributed by atoms with E-state index in [9.17, 15) is 21.6 Å². The summed E-state index contributed by atoms with van der Waals surface area (Å²) in [4.78, 5) is 0. The predicted molar refractivity (Wildman–Crippen MR) is 49.3 cm³/mol. The summed E-state index contributed by atoms with van der Waals surface area (Å²) < 4.78 is 57.1. The van der Waals surface area contributed by atoms with Gasteiger partial charge in [0.15, 0.2) is 15.9 Å². The molecule has 0 amide bonds. The maximum atomic E-state index is 11.8. The summed E-state index contributed by atoms with van der Waals surface area (Å²) in [6, 6.07) is 0. The van der Waals surface area contributed by atoms with E-state index in [-0.39, 0.29) is 18.1 Å². The SMILES string of the molecule is CCS(=O)(=O)CCNCC(O)C(F)(F)F. The standard InChI is InChI=1S/C7H14F3NO3S/c1-2-15(13,14)4-3-11-5-6(12)7(8,9)10/h6,11-12H,2-5H2,1H3. The molecule has 0 saturated carbocycles. The van der Waals surface area contributed by atoms with Gasteiger partial charge in [-0.25, -0.2) is 8.42 Å². The number of aliphatic hydroxyl groups is 1. The third-order valence-electron chi connectivity index (χ3n) is 1.75. The summed E-state index contributed by atoms with van der Waals surface area (Å²) in [5.74, 6) is -0.273. The van der Waals surface area contributed by atoms with Gasteiger partial charge in [0.25, 0.3) is 0 Å². The first kappa shape index (κ1) is 14.7. The highest BCUT2D eigenvalue weighted by Crippen LogP contribution is 2.18. The Balaban J connectivity index is 3.74. The zero-order valence-electron chi connectivity index (χ0n) is 8.21. The number of alkyl halides is 3. The Morgan fingerprint density at radius 1 is 1.40 bits per heavy atom. The summed E-state index contributed by atoms with van der Waals surface area (Å²) in [6.45, 7) is 0.673. The van der Waals surface area contributed by atoms with Gasteiger partial charge in [-0.05, 0) is 0 Å². The largest absolute Gasteiger partial charge is 0.415 e. The molecule has 0 aliphatic heterocycles. The summed E-state index contributed by atoms with van der Waals surface area (Å²) in [6.07, 6.45) is -7.13. The fourth-order valence-electron chi connectivity index (χ4n) is 0.727. The monoisotopic (exact) mass is 249 g/mol. The van der Waals surface area contributed by atoms with Crippen LogP contribution in [-0.2, 0) is 9.84 Å². The lowest BCUT2D eigenvalue weighted by Gasteiger charge is -2.14. The van der Waals surface area contributed by atoms with Gasteiger partial charge in [0.1, 0.15) is 0 Å². The topological polar surface area (TPSA) is 66.4 Å². The Morgan fingerprint density at radius 2 is 1.93 bits per heavy atom. The lowest BCUT2D eigenvalue weighted by Crippen LogP contribution is -2.39. The molecule has 0 bridgehead atoms. The molecule has 0 aromatic rings. The fraction of sp³-hybridized carbons (Fsp3) is 1.00. The highest BCUT2D eigenvalue weighted by atomic mass is 32.2. The Kier molecular flexibility index (Phi) is 5.54. The smallest absolute Gasteiger partial charge is 0.382 e. The van der Waals surface area contributed by atoms with Gasteiger partial charge >= 0.3 is 6.18 Å². The summed E-state index contributed by atoms with van der Waals surface area (Å²) in [7, 11) is -3.18. The van der Waals surface area contributed by atoms with Crippen LogP contribution in [0.3, 0.4) is 0 Å². The minimum atomic E-state index is -4.67. The average molecular weight is 249 g/mol. The van der Waals surface area contributed by atoms with Crippen molar-refractivity contribution in [3.05, 3.63) is 0 Å². The van der Waals surface area contributed by atoms with E-state index < -0.39 is 28.7 Å². The van der Waals surface area contributed by atoms with Crippen molar-refractivity contribution in [2.45, 2.75) is 19.2 Å². The molecule has 4 nitrogen and oxygen atoms in total. The van der Waals surface area contributed by atoms with E-state index in [0.717, 1.165) is 0 Å². The molecule has 0 aliphatic rings. The molecule has 1 unspecified atom stereocenters. The predicted octanol–water partition coefficient (Wildman–Crippen LogP) is -0.0661. The van der Waals surface area contributed by atoms with Crippen molar-refractivity contribution in [1.82, 2.24) is 5.32 Å². The first-order chi connectivity index (χ1) is 6.69. The van der Waals surface area contributed by atoms with Gasteiger partial charge in [-0.1, -0.05) is 6.92 Å². The zero-order valence-corrected chi connectivity index (χ0v) is 9.03. The van der Waals surface area contributed by atoms with Gasteiger partial charge < -0.3 is 10.4 Å². The number of aliphatic hydroxyl groups excluding tert-OH is 1. The maximum Gasteiger partial charge on any atom is 0.415 e. The molecule has 0 saturated heterocycles. The second-order valence-corrected chi connectivity index (χ2v) is 5.47. The number of sulfone groups is 1. The molecule has 8 heteroatoms. The molecule has 0 radical (unpaired) electrons. The van der Waals surface area contributed by atoms with Gasteiger partial charge in [-0.3, -0.25) is 0 Å². The van der Waals surface area contributed by atoms with Crippen LogP contribution in [0, 0.1) is 0 Å². The molecular weight excluding hydrogens is 235 g/mol. The molecule has 0 heterocycles. The molecule has 0 spiro atoms. The van der Waals surface area contributed by atoms with E-state index in [0.29, 0.717) is 0 Å². The van der Waals surface area contributed by atoms with Crippen molar-refractivity contribution < 1.29 is 26.7 Å². The average Bonchev–Trinajstić information content (AvgIpc) is 2.10. The highest BCUT2D eigenvalue weighted by Gasteiger charge is 2.37. The number of halogens is 3. The molecule has 0 rings (SSSR count). The molecule has 0 aromatic carbocycles.